The smallest absolute Gasteiger partial charge is 0.137 e. The van der Waals surface area contributed by atoms with Gasteiger partial charge < -0.3 is 10.5 Å². The standard InChI is InChI=1S/C14H18ClN3O/c1-4-12-10(8-18(2)17-12)14(16)9-5-6-11(15)13(7-9)19-3/h5-8,14H,4,16H2,1-3H3. The summed E-state index contributed by atoms with van der Waals surface area (Å²) in [7, 11) is 3.50. The van der Waals surface area contributed by atoms with Gasteiger partial charge in [-0.15, -0.1) is 0 Å². The second-order valence-electron chi connectivity index (χ2n) is 4.43. The number of benzene rings is 1. The number of hydrogen-bond acceptors (Lipinski definition) is 3. The molecule has 0 bridgehead atoms. The molecule has 0 amide bonds. The second-order valence-corrected chi connectivity index (χ2v) is 4.84. The van der Waals surface area contributed by atoms with Crippen molar-refractivity contribution in [2.75, 3.05) is 7.11 Å². The molecule has 2 aromatic rings. The largest absolute Gasteiger partial charge is 0.495 e. The van der Waals surface area contributed by atoms with E-state index in [9.17, 15) is 0 Å². The fraction of sp³-hybridized carbons (Fsp3) is 0.357. The molecule has 1 heterocycles. The Morgan fingerprint density at radius 2 is 2.21 bits per heavy atom. The van der Waals surface area contributed by atoms with Gasteiger partial charge in [0, 0.05) is 18.8 Å². The molecule has 1 unspecified atom stereocenters. The SMILES string of the molecule is CCc1nn(C)cc1C(N)c1ccc(Cl)c(OC)c1. The van der Waals surface area contributed by atoms with E-state index in [1.165, 1.54) is 0 Å². The molecule has 0 saturated carbocycles. The Balaban J connectivity index is 2.40. The zero-order valence-corrected chi connectivity index (χ0v) is 12.1. The van der Waals surface area contributed by atoms with Gasteiger partial charge in [0.1, 0.15) is 5.75 Å². The average Bonchev–Trinajstić information content (AvgIpc) is 2.79. The molecule has 0 fully saturated rings. The van der Waals surface area contributed by atoms with Crippen molar-refractivity contribution in [2.24, 2.45) is 12.8 Å². The van der Waals surface area contributed by atoms with Crippen LogP contribution in [0, 0.1) is 0 Å². The molecule has 4 nitrogen and oxygen atoms in total. The number of ether oxygens (including phenoxy) is 1. The van der Waals surface area contributed by atoms with Gasteiger partial charge in [0.05, 0.1) is 23.9 Å². The predicted octanol–water partition coefficient (Wildman–Crippen LogP) is 2.69. The second kappa shape index (κ2) is 5.63. The minimum Gasteiger partial charge on any atom is -0.495 e. The summed E-state index contributed by atoms with van der Waals surface area (Å²) < 4.78 is 7.02. The van der Waals surface area contributed by atoms with Crippen LogP contribution in [0.25, 0.3) is 0 Å². The lowest BCUT2D eigenvalue weighted by Crippen LogP contribution is -2.13. The van der Waals surface area contributed by atoms with Crippen molar-refractivity contribution in [1.29, 1.82) is 0 Å². The first-order valence-electron chi connectivity index (χ1n) is 6.18. The highest BCUT2D eigenvalue weighted by atomic mass is 35.5. The first-order chi connectivity index (χ1) is 9.06. The van der Waals surface area contributed by atoms with Crippen LogP contribution in [-0.4, -0.2) is 16.9 Å². The number of nitrogens with zero attached hydrogens (tertiary/aromatic N) is 2. The zero-order chi connectivity index (χ0) is 14.0. The molecule has 5 heteroatoms. The van der Waals surface area contributed by atoms with Crippen LogP contribution in [0.2, 0.25) is 5.02 Å². The Kier molecular flexibility index (Phi) is 4.12. The van der Waals surface area contributed by atoms with Gasteiger partial charge in [-0.1, -0.05) is 24.6 Å². The van der Waals surface area contributed by atoms with E-state index in [-0.39, 0.29) is 6.04 Å². The van der Waals surface area contributed by atoms with E-state index in [0.29, 0.717) is 10.8 Å². The van der Waals surface area contributed by atoms with Crippen molar-refractivity contribution in [3.63, 3.8) is 0 Å². The van der Waals surface area contributed by atoms with Gasteiger partial charge in [0.25, 0.3) is 0 Å². The van der Waals surface area contributed by atoms with Crippen LogP contribution in [0.4, 0.5) is 0 Å². The van der Waals surface area contributed by atoms with E-state index in [1.807, 2.05) is 25.4 Å². The van der Waals surface area contributed by atoms with Crippen LogP contribution in [-0.2, 0) is 13.5 Å². The molecule has 0 aliphatic rings. The summed E-state index contributed by atoms with van der Waals surface area (Å²) in [5, 5.41) is 5.00. The third kappa shape index (κ3) is 2.74. The molecule has 0 spiro atoms. The summed E-state index contributed by atoms with van der Waals surface area (Å²) in [5.74, 6) is 0.636. The molecule has 2 rings (SSSR count). The Labute approximate surface area is 118 Å². The maximum Gasteiger partial charge on any atom is 0.137 e. The maximum atomic E-state index is 6.33. The number of aromatic nitrogens is 2. The van der Waals surface area contributed by atoms with E-state index in [1.54, 1.807) is 17.9 Å². The summed E-state index contributed by atoms with van der Waals surface area (Å²) in [5.41, 5.74) is 9.34. The lowest BCUT2D eigenvalue weighted by molar-refractivity contribution is 0.414. The molecule has 2 N–H and O–H groups in total. The van der Waals surface area contributed by atoms with Gasteiger partial charge in [0.2, 0.25) is 0 Å². The lowest BCUT2D eigenvalue weighted by Gasteiger charge is -2.13. The first-order valence-corrected chi connectivity index (χ1v) is 6.56. The first kappa shape index (κ1) is 13.9. The number of methoxy groups -OCH3 is 1. The van der Waals surface area contributed by atoms with Crippen molar-refractivity contribution in [3.05, 3.63) is 46.2 Å². The van der Waals surface area contributed by atoms with Crippen LogP contribution in [0.15, 0.2) is 24.4 Å². The Bertz CT molecular complexity index is 580. The highest BCUT2D eigenvalue weighted by molar-refractivity contribution is 6.32. The van der Waals surface area contributed by atoms with Crippen molar-refractivity contribution < 1.29 is 4.74 Å². The van der Waals surface area contributed by atoms with Crippen molar-refractivity contribution in [1.82, 2.24) is 9.78 Å². The molecule has 1 aromatic carbocycles. The number of nitrogens with two attached hydrogens (primary N) is 1. The molecule has 0 aliphatic carbocycles. The highest BCUT2D eigenvalue weighted by Crippen LogP contribution is 2.30. The predicted molar refractivity (Wildman–Crippen MR) is 76.6 cm³/mol. The number of hydrogen-bond donors (Lipinski definition) is 1. The normalized spacial score (nSPS) is 12.5. The number of aryl methyl sites for hydroxylation is 2. The molecular weight excluding hydrogens is 262 g/mol. The van der Waals surface area contributed by atoms with E-state index in [4.69, 9.17) is 22.1 Å². The zero-order valence-electron chi connectivity index (χ0n) is 11.4. The molecule has 1 atom stereocenters. The molecule has 0 saturated heterocycles. The fourth-order valence-corrected chi connectivity index (χ4v) is 2.33. The topological polar surface area (TPSA) is 53.1 Å². The van der Waals surface area contributed by atoms with Crippen LogP contribution in [0.3, 0.4) is 0 Å². The average molecular weight is 280 g/mol. The number of rotatable bonds is 4. The van der Waals surface area contributed by atoms with Crippen LogP contribution < -0.4 is 10.5 Å². The molecule has 0 radical (unpaired) electrons. The minimum atomic E-state index is -0.227. The van der Waals surface area contributed by atoms with Crippen LogP contribution in [0.5, 0.6) is 5.75 Å². The molecular formula is C14H18ClN3O. The Hall–Kier alpha value is -1.52. The van der Waals surface area contributed by atoms with Crippen LogP contribution >= 0.6 is 11.6 Å². The van der Waals surface area contributed by atoms with Gasteiger partial charge in [-0.3, -0.25) is 4.68 Å². The van der Waals surface area contributed by atoms with E-state index >= 15 is 0 Å². The summed E-state index contributed by atoms with van der Waals surface area (Å²) in [6.45, 7) is 2.07. The lowest BCUT2D eigenvalue weighted by atomic mass is 9.99. The van der Waals surface area contributed by atoms with E-state index in [2.05, 4.69) is 12.0 Å². The van der Waals surface area contributed by atoms with Gasteiger partial charge in [-0.25, -0.2) is 0 Å². The molecule has 1 aromatic heterocycles. The van der Waals surface area contributed by atoms with Crippen LogP contribution in [0.1, 0.15) is 29.8 Å². The number of halogens is 1. The summed E-state index contributed by atoms with van der Waals surface area (Å²) >= 11 is 6.03. The maximum absolute atomic E-state index is 6.33. The van der Waals surface area contributed by atoms with E-state index in [0.717, 1.165) is 23.2 Å². The van der Waals surface area contributed by atoms with Gasteiger partial charge in [-0.05, 0) is 24.1 Å². The molecule has 102 valence electrons. The van der Waals surface area contributed by atoms with Crippen molar-refractivity contribution >= 4 is 11.6 Å². The van der Waals surface area contributed by atoms with Crippen molar-refractivity contribution in [3.8, 4) is 5.75 Å². The minimum absolute atomic E-state index is 0.227. The summed E-state index contributed by atoms with van der Waals surface area (Å²) in [6, 6.07) is 5.37. The molecule has 19 heavy (non-hydrogen) atoms. The van der Waals surface area contributed by atoms with Gasteiger partial charge >= 0.3 is 0 Å². The monoisotopic (exact) mass is 279 g/mol. The quantitative estimate of drug-likeness (QED) is 0.936. The molecule has 0 aliphatic heterocycles. The third-order valence-electron chi connectivity index (χ3n) is 3.14. The highest BCUT2D eigenvalue weighted by Gasteiger charge is 2.17. The summed E-state index contributed by atoms with van der Waals surface area (Å²) in [4.78, 5) is 0. The van der Waals surface area contributed by atoms with Crippen molar-refractivity contribution in [2.45, 2.75) is 19.4 Å². The third-order valence-corrected chi connectivity index (χ3v) is 3.45. The Morgan fingerprint density at radius 1 is 1.47 bits per heavy atom. The van der Waals surface area contributed by atoms with Gasteiger partial charge in [-0.2, -0.15) is 5.10 Å². The van der Waals surface area contributed by atoms with Gasteiger partial charge in [0.15, 0.2) is 0 Å². The fourth-order valence-electron chi connectivity index (χ4n) is 2.14. The summed E-state index contributed by atoms with van der Waals surface area (Å²) in [6.07, 6.45) is 2.82. The van der Waals surface area contributed by atoms with E-state index < -0.39 is 0 Å². The Morgan fingerprint density at radius 3 is 2.84 bits per heavy atom.